The van der Waals surface area contributed by atoms with E-state index in [0.717, 1.165) is 18.4 Å². The molecule has 0 bridgehead atoms. The van der Waals surface area contributed by atoms with Gasteiger partial charge in [-0.2, -0.15) is 0 Å². The molecular formula is C13H17BrFNO. The van der Waals surface area contributed by atoms with Crippen LogP contribution in [0.1, 0.15) is 31.4 Å². The first-order valence-corrected chi connectivity index (χ1v) is 6.68. The third-order valence-corrected chi connectivity index (χ3v) is 3.86. The minimum atomic E-state index is -0.232. The molecule has 0 radical (unpaired) electrons. The quantitative estimate of drug-likeness (QED) is 0.924. The molecule has 1 aliphatic rings. The second kappa shape index (κ2) is 5.46. The van der Waals surface area contributed by atoms with Crippen molar-refractivity contribution in [1.82, 2.24) is 5.32 Å². The van der Waals surface area contributed by atoms with E-state index in [1.165, 1.54) is 6.07 Å². The molecule has 2 rings (SSSR count). The molecule has 3 unspecified atom stereocenters. The maximum Gasteiger partial charge on any atom is 0.137 e. The summed E-state index contributed by atoms with van der Waals surface area (Å²) in [5.74, 6) is -0.232. The van der Waals surface area contributed by atoms with Crippen molar-refractivity contribution in [3.63, 3.8) is 0 Å². The Morgan fingerprint density at radius 1 is 1.47 bits per heavy atom. The van der Waals surface area contributed by atoms with E-state index in [0.29, 0.717) is 10.6 Å². The molecule has 1 N–H and O–H groups in total. The van der Waals surface area contributed by atoms with Gasteiger partial charge in [-0.15, -0.1) is 0 Å². The fraction of sp³-hybridized carbons (Fsp3) is 0.538. The van der Waals surface area contributed by atoms with E-state index in [1.807, 2.05) is 19.2 Å². The van der Waals surface area contributed by atoms with Crippen molar-refractivity contribution in [3.8, 4) is 0 Å². The maximum absolute atomic E-state index is 13.2. The van der Waals surface area contributed by atoms with E-state index in [4.69, 9.17) is 4.74 Å². The Kier molecular flexibility index (Phi) is 4.17. The largest absolute Gasteiger partial charge is 0.373 e. The summed E-state index contributed by atoms with van der Waals surface area (Å²) in [6.07, 6.45) is 2.62. The molecule has 2 nitrogen and oxygen atoms in total. The van der Waals surface area contributed by atoms with Gasteiger partial charge in [0.2, 0.25) is 0 Å². The Labute approximate surface area is 110 Å². The van der Waals surface area contributed by atoms with Crippen LogP contribution in [0.25, 0.3) is 0 Å². The Morgan fingerprint density at radius 3 is 2.76 bits per heavy atom. The van der Waals surface area contributed by atoms with Crippen LogP contribution in [0.4, 0.5) is 4.39 Å². The van der Waals surface area contributed by atoms with E-state index in [-0.39, 0.29) is 18.0 Å². The molecule has 1 fully saturated rings. The van der Waals surface area contributed by atoms with E-state index >= 15 is 0 Å². The van der Waals surface area contributed by atoms with Gasteiger partial charge in [0.1, 0.15) is 5.82 Å². The lowest BCUT2D eigenvalue weighted by Gasteiger charge is -2.23. The highest BCUT2D eigenvalue weighted by Gasteiger charge is 2.29. The van der Waals surface area contributed by atoms with Gasteiger partial charge in [-0.25, -0.2) is 4.39 Å². The lowest BCUT2D eigenvalue weighted by atomic mass is 9.99. The zero-order chi connectivity index (χ0) is 12.4. The summed E-state index contributed by atoms with van der Waals surface area (Å²) in [5, 5.41) is 3.26. The minimum Gasteiger partial charge on any atom is -0.373 e. The number of halogens is 2. The molecule has 0 aliphatic carbocycles. The Morgan fingerprint density at radius 2 is 2.24 bits per heavy atom. The summed E-state index contributed by atoms with van der Waals surface area (Å²) in [6, 6.07) is 5.25. The molecule has 0 saturated carbocycles. The topological polar surface area (TPSA) is 21.3 Å². The lowest BCUT2D eigenvalue weighted by molar-refractivity contribution is 0.0333. The third kappa shape index (κ3) is 2.87. The molecule has 1 heterocycles. The monoisotopic (exact) mass is 301 g/mol. The first-order chi connectivity index (χ1) is 8.11. The zero-order valence-corrected chi connectivity index (χ0v) is 11.6. The number of benzene rings is 1. The predicted molar refractivity (Wildman–Crippen MR) is 69.5 cm³/mol. The number of hydrogen-bond acceptors (Lipinski definition) is 2. The van der Waals surface area contributed by atoms with E-state index in [9.17, 15) is 4.39 Å². The summed E-state index contributed by atoms with van der Waals surface area (Å²) >= 11 is 3.22. The van der Waals surface area contributed by atoms with Crippen LogP contribution in [-0.4, -0.2) is 19.3 Å². The molecule has 17 heavy (non-hydrogen) atoms. The van der Waals surface area contributed by atoms with Gasteiger partial charge in [0.15, 0.2) is 0 Å². The van der Waals surface area contributed by atoms with Gasteiger partial charge in [0.25, 0.3) is 0 Å². The zero-order valence-electron chi connectivity index (χ0n) is 10.0. The van der Waals surface area contributed by atoms with Crippen molar-refractivity contribution >= 4 is 15.9 Å². The minimum absolute atomic E-state index is 0.122. The molecule has 0 spiro atoms. The van der Waals surface area contributed by atoms with Gasteiger partial charge in [-0.3, -0.25) is 0 Å². The second-order valence-electron chi connectivity index (χ2n) is 4.50. The number of rotatable bonds is 3. The van der Waals surface area contributed by atoms with E-state index in [2.05, 4.69) is 28.2 Å². The molecule has 0 amide bonds. The smallest absolute Gasteiger partial charge is 0.137 e. The Bertz CT molecular complexity index is 399. The molecule has 4 heteroatoms. The van der Waals surface area contributed by atoms with Gasteiger partial charge >= 0.3 is 0 Å². The molecule has 1 aliphatic heterocycles. The van der Waals surface area contributed by atoms with Gasteiger partial charge in [0.05, 0.1) is 22.7 Å². The first-order valence-electron chi connectivity index (χ1n) is 5.89. The molecular weight excluding hydrogens is 285 g/mol. The molecule has 1 aromatic rings. The molecule has 0 aromatic heterocycles. The molecule has 1 aromatic carbocycles. The first kappa shape index (κ1) is 13.0. The van der Waals surface area contributed by atoms with Crippen molar-refractivity contribution < 1.29 is 9.13 Å². The average Bonchev–Trinajstić information content (AvgIpc) is 2.71. The van der Waals surface area contributed by atoms with Crippen molar-refractivity contribution in [2.45, 2.75) is 38.0 Å². The van der Waals surface area contributed by atoms with E-state index < -0.39 is 0 Å². The van der Waals surface area contributed by atoms with Crippen LogP contribution in [0, 0.1) is 5.82 Å². The van der Waals surface area contributed by atoms with Crippen LogP contribution in [0.5, 0.6) is 0 Å². The summed E-state index contributed by atoms with van der Waals surface area (Å²) in [6.45, 7) is 2.09. The normalized spacial score (nSPS) is 26.1. The highest BCUT2D eigenvalue weighted by atomic mass is 79.9. The van der Waals surface area contributed by atoms with Crippen LogP contribution >= 0.6 is 15.9 Å². The van der Waals surface area contributed by atoms with Crippen LogP contribution in [-0.2, 0) is 4.74 Å². The Hall–Kier alpha value is -0.450. The van der Waals surface area contributed by atoms with Gasteiger partial charge in [0, 0.05) is 0 Å². The number of nitrogens with one attached hydrogen (secondary N) is 1. The fourth-order valence-electron chi connectivity index (χ4n) is 2.35. The summed E-state index contributed by atoms with van der Waals surface area (Å²) in [7, 11) is 1.91. The summed E-state index contributed by atoms with van der Waals surface area (Å²) in [5.41, 5.74) is 1.06. The van der Waals surface area contributed by atoms with Crippen molar-refractivity contribution in [3.05, 3.63) is 34.1 Å². The summed E-state index contributed by atoms with van der Waals surface area (Å²) < 4.78 is 19.6. The molecule has 3 atom stereocenters. The lowest BCUT2D eigenvalue weighted by Crippen LogP contribution is -2.29. The van der Waals surface area contributed by atoms with Crippen molar-refractivity contribution in [1.29, 1.82) is 0 Å². The van der Waals surface area contributed by atoms with Crippen molar-refractivity contribution in [2.24, 2.45) is 0 Å². The highest BCUT2D eigenvalue weighted by Crippen LogP contribution is 2.31. The predicted octanol–water partition coefficient (Wildman–Crippen LogP) is 3.42. The van der Waals surface area contributed by atoms with Crippen LogP contribution < -0.4 is 5.32 Å². The fourth-order valence-corrected chi connectivity index (χ4v) is 2.75. The number of likely N-dealkylation sites (N-methyl/N-ethyl adjacent to an activating group) is 1. The highest BCUT2D eigenvalue weighted by molar-refractivity contribution is 9.10. The van der Waals surface area contributed by atoms with E-state index in [1.54, 1.807) is 0 Å². The van der Waals surface area contributed by atoms with Gasteiger partial charge < -0.3 is 10.1 Å². The SMILES string of the molecule is CNC(c1ccc(F)c(Br)c1)C1CCC(C)O1. The summed E-state index contributed by atoms with van der Waals surface area (Å²) in [4.78, 5) is 0. The average molecular weight is 302 g/mol. The Balaban J connectivity index is 2.20. The number of hydrogen-bond donors (Lipinski definition) is 1. The van der Waals surface area contributed by atoms with Crippen LogP contribution in [0.3, 0.4) is 0 Å². The maximum atomic E-state index is 13.2. The molecule has 94 valence electrons. The third-order valence-electron chi connectivity index (χ3n) is 3.25. The van der Waals surface area contributed by atoms with Gasteiger partial charge in [-0.05, 0) is 60.4 Å². The van der Waals surface area contributed by atoms with Crippen LogP contribution in [0.2, 0.25) is 0 Å². The standard InChI is InChI=1S/C13H17BrFNO/c1-8-3-6-12(17-8)13(16-2)9-4-5-11(15)10(14)7-9/h4-5,7-8,12-13,16H,3,6H2,1-2H3. The van der Waals surface area contributed by atoms with Gasteiger partial charge in [-0.1, -0.05) is 6.07 Å². The van der Waals surface area contributed by atoms with Crippen molar-refractivity contribution in [2.75, 3.05) is 7.05 Å². The number of ether oxygens (including phenoxy) is 1. The second-order valence-corrected chi connectivity index (χ2v) is 5.36. The molecule has 1 saturated heterocycles. The van der Waals surface area contributed by atoms with Crippen LogP contribution in [0.15, 0.2) is 22.7 Å².